The molecule has 7 aromatic carbocycles. The molecule has 302 valence electrons. The van der Waals surface area contributed by atoms with Crippen LogP contribution in [0.25, 0.3) is 88.3 Å². The second kappa shape index (κ2) is 13.9. The second-order valence-corrected chi connectivity index (χ2v) is 18.0. The molecule has 11 aromatic rings. The lowest BCUT2D eigenvalue weighted by Gasteiger charge is -2.43. The molecule has 13 rings (SSSR count). The molecule has 2 aliphatic rings. The van der Waals surface area contributed by atoms with E-state index < -0.39 is 0 Å². The summed E-state index contributed by atoms with van der Waals surface area (Å²) in [4.78, 5) is 0. The minimum absolute atomic E-state index is 0.0732. The molecule has 0 saturated carbocycles. The molecule has 2 aliphatic heterocycles. The first kappa shape index (κ1) is 36.4. The van der Waals surface area contributed by atoms with Crippen molar-refractivity contribution < 1.29 is 9.13 Å². The van der Waals surface area contributed by atoms with Crippen LogP contribution < -0.4 is 9.13 Å². The highest BCUT2D eigenvalue weighted by molar-refractivity contribution is 6.19. The number of aromatic nitrogens is 4. The van der Waals surface area contributed by atoms with E-state index in [-0.39, 0.29) is 5.41 Å². The van der Waals surface area contributed by atoms with Crippen LogP contribution in [0.2, 0.25) is 0 Å². The highest BCUT2D eigenvalue weighted by atomic mass is 15.0. The monoisotopic (exact) mass is 812 g/mol. The lowest BCUT2D eigenvalue weighted by Crippen LogP contribution is -2.52. The van der Waals surface area contributed by atoms with Gasteiger partial charge in [0.1, 0.15) is 0 Å². The molecule has 4 aromatic heterocycles. The topological polar surface area (TPSA) is 17.6 Å². The Kier molecular flexibility index (Phi) is 8.00. The third-order valence-corrected chi connectivity index (χ3v) is 15.3. The normalized spacial score (nSPS) is 16.5. The van der Waals surface area contributed by atoms with E-state index in [0.29, 0.717) is 11.8 Å². The zero-order valence-corrected chi connectivity index (χ0v) is 35.7. The van der Waals surface area contributed by atoms with Crippen LogP contribution in [0, 0.1) is 5.92 Å². The summed E-state index contributed by atoms with van der Waals surface area (Å²) < 4.78 is 10.1. The fourth-order valence-electron chi connectivity index (χ4n) is 12.4. The van der Waals surface area contributed by atoms with Gasteiger partial charge >= 0.3 is 0 Å². The summed E-state index contributed by atoms with van der Waals surface area (Å²) in [5, 5.41) is 7.72. The van der Waals surface area contributed by atoms with Crippen LogP contribution in [0.4, 0.5) is 0 Å². The van der Waals surface area contributed by atoms with Crippen LogP contribution >= 0.6 is 0 Å². The second-order valence-electron chi connectivity index (χ2n) is 18.0. The maximum absolute atomic E-state index is 2.58. The van der Waals surface area contributed by atoms with Crippen molar-refractivity contribution in [1.29, 1.82) is 0 Å². The van der Waals surface area contributed by atoms with Gasteiger partial charge in [0.05, 0.1) is 44.5 Å². The number of hydrogen-bond acceptors (Lipinski definition) is 0. The van der Waals surface area contributed by atoms with Crippen molar-refractivity contribution in [2.75, 3.05) is 0 Å². The van der Waals surface area contributed by atoms with Crippen LogP contribution in [-0.4, -0.2) is 9.13 Å². The van der Waals surface area contributed by atoms with Crippen LogP contribution in [0.1, 0.15) is 43.7 Å². The van der Waals surface area contributed by atoms with Gasteiger partial charge in [-0.25, -0.2) is 0 Å². The van der Waals surface area contributed by atoms with E-state index in [9.17, 15) is 0 Å². The Balaban J connectivity index is 1.04. The summed E-state index contributed by atoms with van der Waals surface area (Å²) >= 11 is 0. The maximum atomic E-state index is 2.58. The zero-order valence-electron chi connectivity index (χ0n) is 35.7. The minimum Gasteiger partial charge on any atom is -0.309 e. The van der Waals surface area contributed by atoms with Crippen molar-refractivity contribution in [3.05, 3.63) is 206 Å². The molecular weight excluding hydrogens is 765 g/mol. The van der Waals surface area contributed by atoms with Crippen molar-refractivity contribution in [3.8, 4) is 33.9 Å². The van der Waals surface area contributed by atoms with Crippen molar-refractivity contribution in [3.63, 3.8) is 0 Å². The molecule has 0 saturated heterocycles. The van der Waals surface area contributed by atoms with Gasteiger partial charge in [-0.1, -0.05) is 111 Å². The lowest BCUT2D eigenvalue weighted by molar-refractivity contribution is -0.707. The van der Waals surface area contributed by atoms with E-state index in [1.165, 1.54) is 99.4 Å². The number of nitrogens with zero attached hydrogens (tertiary/aromatic N) is 4. The largest absolute Gasteiger partial charge is 0.309 e. The van der Waals surface area contributed by atoms with Gasteiger partial charge in [-0.2, -0.15) is 9.13 Å². The Labute approximate surface area is 367 Å². The first-order valence-electron chi connectivity index (χ1n) is 22.8. The van der Waals surface area contributed by atoms with Gasteiger partial charge < -0.3 is 9.13 Å². The van der Waals surface area contributed by atoms with Gasteiger partial charge in [0.25, 0.3) is 0 Å². The summed E-state index contributed by atoms with van der Waals surface area (Å²) in [6, 6.07) is 68.4. The Morgan fingerprint density at radius 2 is 1.13 bits per heavy atom. The van der Waals surface area contributed by atoms with Crippen molar-refractivity contribution >= 4 is 54.4 Å². The first-order valence-corrected chi connectivity index (χ1v) is 22.8. The fourth-order valence-corrected chi connectivity index (χ4v) is 12.4. The molecule has 0 spiro atoms. The number of hydrogen-bond donors (Lipinski definition) is 0. The molecule has 4 nitrogen and oxygen atoms in total. The third-order valence-electron chi connectivity index (χ3n) is 15.3. The highest BCUT2D eigenvalue weighted by Gasteiger charge is 2.51. The molecule has 63 heavy (non-hydrogen) atoms. The molecule has 0 fully saturated rings. The zero-order chi connectivity index (χ0) is 41.8. The number of pyridine rings is 2. The van der Waals surface area contributed by atoms with E-state index in [2.05, 4.69) is 227 Å². The Morgan fingerprint density at radius 3 is 1.89 bits per heavy atom. The summed E-state index contributed by atoms with van der Waals surface area (Å²) in [6.07, 6.45) is 6.79. The molecule has 0 radical (unpaired) electrons. The molecule has 0 aliphatic carbocycles. The number of fused-ring (bicyclic) bond motifs is 14. The van der Waals surface area contributed by atoms with Crippen LogP contribution in [0.5, 0.6) is 0 Å². The molecule has 2 atom stereocenters. The highest BCUT2D eigenvalue weighted by Crippen LogP contribution is 2.53. The predicted octanol–water partition coefficient (Wildman–Crippen LogP) is 13.4. The van der Waals surface area contributed by atoms with Crippen molar-refractivity contribution in [2.24, 2.45) is 5.92 Å². The predicted molar refractivity (Wildman–Crippen MR) is 259 cm³/mol. The standard InChI is InChI=1S/C59H48N4/c1-3-59(4-2)51-30-29-41(63-55-28-15-13-24-45(55)48-35-47-44-23-12-14-27-54(44)62(56(47)36-57(48)63)40-19-6-5-7-20-40)34-49(51)53-26-16-17-32-60(53)38-52(59)50-37-61-33-31-39-18-8-9-21-42(39)58(61)46-25-11-10-22-43(46)50/h5-36,50,52H,3-4,37-38H2,1-2H3/q+2. The molecular formula is C59H48N4+2. The molecule has 0 N–H and O–H groups in total. The molecule has 0 amide bonds. The van der Waals surface area contributed by atoms with E-state index in [1.807, 2.05) is 0 Å². The first-order chi connectivity index (χ1) is 31.1. The maximum Gasteiger partial charge on any atom is 0.220 e. The molecule has 4 heteroatoms. The average molecular weight is 813 g/mol. The molecule has 2 unspecified atom stereocenters. The van der Waals surface area contributed by atoms with Crippen molar-refractivity contribution in [1.82, 2.24) is 9.13 Å². The summed E-state index contributed by atoms with van der Waals surface area (Å²) in [5.41, 5.74) is 15.5. The Morgan fingerprint density at radius 1 is 0.476 bits per heavy atom. The summed E-state index contributed by atoms with van der Waals surface area (Å²) in [6.45, 7) is 6.79. The Hall–Kier alpha value is -7.30. The van der Waals surface area contributed by atoms with E-state index >= 15 is 0 Å². The third kappa shape index (κ3) is 5.15. The summed E-state index contributed by atoms with van der Waals surface area (Å²) in [7, 11) is 0. The molecule has 6 heterocycles. The van der Waals surface area contributed by atoms with Gasteiger partial charge in [0.2, 0.25) is 11.4 Å². The number of para-hydroxylation sites is 3. The minimum atomic E-state index is -0.0732. The smallest absolute Gasteiger partial charge is 0.220 e. The number of benzene rings is 7. The van der Waals surface area contributed by atoms with E-state index in [1.54, 1.807) is 0 Å². The lowest BCUT2D eigenvalue weighted by atomic mass is 9.60. The SMILES string of the molecule is CCC1(CC)c2ccc(-n3c4ccccc4c4cc5c6ccccc6n(-c6ccccc6)c5cc43)cc2-c2cccc[n+]2CC1C1C[n+]2ccc3ccccc3c2-c2ccccc21. The van der Waals surface area contributed by atoms with E-state index in [4.69, 9.17) is 0 Å². The van der Waals surface area contributed by atoms with E-state index in [0.717, 1.165) is 25.9 Å². The van der Waals surface area contributed by atoms with Gasteiger partial charge in [0.15, 0.2) is 25.5 Å². The van der Waals surface area contributed by atoms with Gasteiger partial charge in [0, 0.05) is 62.5 Å². The summed E-state index contributed by atoms with van der Waals surface area (Å²) in [5.74, 6) is 0.669. The van der Waals surface area contributed by atoms with Gasteiger partial charge in [-0.15, -0.1) is 0 Å². The average Bonchev–Trinajstić information content (AvgIpc) is 3.81. The quantitative estimate of drug-likeness (QED) is 0.154. The van der Waals surface area contributed by atoms with Crippen LogP contribution in [-0.2, 0) is 18.5 Å². The fraction of sp³-hybridized carbons (Fsp3) is 0.153. The van der Waals surface area contributed by atoms with Crippen LogP contribution in [0.15, 0.2) is 194 Å². The number of rotatable bonds is 5. The molecule has 0 bridgehead atoms. The van der Waals surface area contributed by atoms with Crippen LogP contribution in [0.3, 0.4) is 0 Å². The Bertz CT molecular complexity index is 3620. The van der Waals surface area contributed by atoms with Gasteiger partial charge in [-0.3, -0.25) is 0 Å². The van der Waals surface area contributed by atoms with Gasteiger partial charge in [-0.05, 0) is 96.1 Å². The van der Waals surface area contributed by atoms with Crippen molar-refractivity contribution in [2.45, 2.75) is 51.1 Å².